The average Bonchev–Trinajstić information content (AvgIpc) is 2.75. The lowest BCUT2D eigenvalue weighted by Crippen LogP contribution is -2.49. The van der Waals surface area contributed by atoms with Crippen LogP contribution in [0.4, 0.5) is 0 Å². The predicted octanol–water partition coefficient (Wildman–Crippen LogP) is 1.68. The van der Waals surface area contributed by atoms with Crippen LogP contribution in [0.2, 0.25) is 0 Å². The fourth-order valence-corrected chi connectivity index (χ4v) is 2.87. The van der Waals surface area contributed by atoms with Gasteiger partial charge in [-0.3, -0.25) is 9.58 Å². The largest absolute Gasteiger partial charge is 0.327 e. The lowest BCUT2D eigenvalue weighted by Gasteiger charge is -2.41. The number of hydrogen-bond acceptors (Lipinski definition) is 3. The first-order chi connectivity index (χ1) is 8.09. The van der Waals surface area contributed by atoms with Crippen molar-refractivity contribution < 1.29 is 0 Å². The van der Waals surface area contributed by atoms with E-state index in [9.17, 15) is 0 Å². The molecule has 3 atom stereocenters. The summed E-state index contributed by atoms with van der Waals surface area (Å²) in [7, 11) is 1.97. The van der Waals surface area contributed by atoms with E-state index in [0.29, 0.717) is 12.1 Å². The summed E-state index contributed by atoms with van der Waals surface area (Å²) in [5.41, 5.74) is 7.41. The third kappa shape index (κ3) is 2.69. The molecule has 1 aromatic heterocycles. The summed E-state index contributed by atoms with van der Waals surface area (Å²) in [4.78, 5) is 2.55. The predicted molar refractivity (Wildman–Crippen MR) is 69.6 cm³/mol. The highest BCUT2D eigenvalue weighted by Gasteiger charge is 2.29. The summed E-state index contributed by atoms with van der Waals surface area (Å²) in [6.45, 7) is 5.54. The highest BCUT2D eigenvalue weighted by Crippen LogP contribution is 2.29. The van der Waals surface area contributed by atoms with E-state index in [-0.39, 0.29) is 6.04 Å². The molecular weight excluding hydrogens is 212 g/mol. The van der Waals surface area contributed by atoms with Crippen LogP contribution in [0.15, 0.2) is 12.4 Å². The van der Waals surface area contributed by atoms with Crippen LogP contribution >= 0.6 is 0 Å². The molecule has 1 aliphatic rings. The van der Waals surface area contributed by atoms with E-state index in [1.54, 1.807) is 0 Å². The monoisotopic (exact) mass is 236 g/mol. The van der Waals surface area contributed by atoms with E-state index in [4.69, 9.17) is 5.73 Å². The zero-order valence-corrected chi connectivity index (χ0v) is 11.1. The molecule has 3 unspecified atom stereocenters. The Labute approximate surface area is 104 Å². The Morgan fingerprint density at radius 1 is 1.41 bits per heavy atom. The number of hydrogen-bond donors (Lipinski definition) is 1. The lowest BCUT2D eigenvalue weighted by atomic mass is 9.94. The molecule has 2 heterocycles. The second-order valence-corrected chi connectivity index (χ2v) is 5.28. The van der Waals surface area contributed by atoms with E-state index in [1.165, 1.54) is 24.8 Å². The van der Waals surface area contributed by atoms with E-state index >= 15 is 0 Å². The van der Waals surface area contributed by atoms with Crippen molar-refractivity contribution in [3.8, 4) is 0 Å². The molecule has 4 heteroatoms. The number of likely N-dealkylation sites (tertiary alicyclic amines) is 1. The summed E-state index contributed by atoms with van der Waals surface area (Å²) in [5, 5.41) is 4.26. The lowest BCUT2D eigenvalue weighted by molar-refractivity contribution is 0.0890. The summed E-state index contributed by atoms with van der Waals surface area (Å²) in [6, 6.07) is 1.17. The fourth-order valence-electron chi connectivity index (χ4n) is 2.87. The molecule has 4 nitrogen and oxygen atoms in total. The zero-order valence-electron chi connectivity index (χ0n) is 11.1. The molecular formula is C13H24N4. The van der Waals surface area contributed by atoms with E-state index < -0.39 is 0 Å². The smallest absolute Gasteiger partial charge is 0.0537 e. The van der Waals surface area contributed by atoms with Crippen molar-refractivity contribution in [2.45, 2.75) is 51.2 Å². The van der Waals surface area contributed by atoms with Crippen molar-refractivity contribution in [1.29, 1.82) is 0 Å². The van der Waals surface area contributed by atoms with E-state index in [0.717, 1.165) is 6.54 Å². The quantitative estimate of drug-likeness (QED) is 0.868. The first-order valence-electron chi connectivity index (χ1n) is 6.59. The first-order valence-corrected chi connectivity index (χ1v) is 6.59. The normalized spacial score (nSPS) is 25.8. The molecule has 1 saturated heterocycles. The van der Waals surface area contributed by atoms with Gasteiger partial charge in [0.05, 0.1) is 6.20 Å². The van der Waals surface area contributed by atoms with Crippen molar-refractivity contribution in [2.24, 2.45) is 12.8 Å². The Morgan fingerprint density at radius 2 is 2.18 bits per heavy atom. The van der Waals surface area contributed by atoms with Gasteiger partial charge in [0.1, 0.15) is 0 Å². The Kier molecular flexibility index (Phi) is 3.84. The number of nitrogens with two attached hydrogens (primary N) is 1. The number of aromatic nitrogens is 2. The molecule has 0 aromatic carbocycles. The highest BCUT2D eigenvalue weighted by atomic mass is 15.3. The second-order valence-electron chi connectivity index (χ2n) is 5.28. The van der Waals surface area contributed by atoms with E-state index in [1.807, 2.05) is 17.9 Å². The van der Waals surface area contributed by atoms with Crippen LogP contribution in [0.25, 0.3) is 0 Å². The summed E-state index contributed by atoms with van der Waals surface area (Å²) in [5.74, 6) is 0. The molecule has 1 aliphatic heterocycles. The Morgan fingerprint density at radius 3 is 2.76 bits per heavy atom. The van der Waals surface area contributed by atoms with Gasteiger partial charge >= 0.3 is 0 Å². The molecule has 0 saturated carbocycles. The van der Waals surface area contributed by atoms with Crippen LogP contribution in [0.1, 0.15) is 44.7 Å². The van der Waals surface area contributed by atoms with Crippen molar-refractivity contribution >= 4 is 0 Å². The second kappa shape index (κ2) is 5.19. The van der Waals surface area contributed by atoms with Gasteiger partial charge in [-0.2, -0.15) is 5.10 Å². The van der Waals surface area contributed by atoms with Gasteiger partial charge in [0.15, 0.2) is 0 Å². The molecule has 1 aromatic rings. The maximum absolute atomic E-state index is 6.12. The SMILES string of the molecule is CC(N)C1CCCCN1C(C)c1cnn(C)c1. The van der Waals surface area contributed by atoms with Crippen LogP contribution in [0.5, 0.6) is 0 Å². The van der Waals surface area contributed by atoms with Gasteiger partial charge in [0.25, 0.3) is 0 Å². The van der Waals surface area contributed by atoms with Crippen LogP contribution in [0, 0.1) is 0 Å². The number of rotatable bonds is 3. The molecule has 0 bridgehead atoms. The Balaban J connectivity index is 2.13. The molecule has 2 rings (SSSR count). The van der Waals surface area contributed by atoms with Crippen LogP contribution in [-0.4, -0.2) is 33.3 Å². The molecule has 0 amide bonds. The van der Waals surface area contributed by atoms with Gasteiger partial charge in [-0.15, -0.1) is 0 Å². The van der Waals surface area contributed by atoms with Crippen LogP contribution in [-0.2, 0) is 7.05 Å². The minimum absolute atomic E-state index is 0.245. The topological polar surface area (TPSA) is 47.1 Å². The Hall–Kier alpha value is -0.870. The summed E-state index contributed by atoms with van der Waals surface area (Å²) < 4.78 is 1.87. The molecule has 17 heavy (non-hydrogen) atoms. The van der Waals surface area contributed by atoms with Gasteiger partial charge in [-0.1, -0.05) is 6.42 Å². The third-order valence-corrected chi connectivity index (χ3v) is 3.90. The van der Waals surface area contributed by atoms with Crippen molar-refractivity contribution in [2.75, 3.05) is 6.54 Å². The summed E-state index contributed by atoms with van der Waals surface area (Å²) >= 11 is 0. The van der Waals surface area contributed by atoms with Gasteiger partial charge < -0.3 is 5.73 Å². The third-order valence-electron chi connectivity index (χ3n) is 3.90. The van der Waals surface area contributed by atoms with Crippen LogP contribution in [0.3, 0.4) is 0 Å². The number of piperidine rings is 1. The zero-order chi connectivity index (χ0) is 12.4. The van der Waals surface area contributed by atoms with Gasteiger partial charge in [0.2, 0.25) is 0 Å². The average molecular weight is 236 g/mol. The molecule has 96 valence electrons. The van der Waals surface area contributed by atoms with Crippen LogP contribution < -0.4 is 5.73 Å². The van der Waals surface area contributed by atoms with E-state index in [2.05, 4.69) is 30.0 Å². The van der Waals surface area contributed by atoms with Crippen molar-refractivity contribution in [3.63, 3.8) is 0 Å². The fraction of sp³-hybridized carbons (Fsp3) is 0.769. The van der Waals surface area contributed by atoms with Gasteiger partial charge in [-0.05, 0) is 33.2 Å². The summed E-state index contributed by atoms with van der Waals surface area (Å²) in [6.07, 6.45) is 7.90. The minimum Gasteiger partial charge on any atom is -0.327 e. The number of aryl methyl sites for hydroxylation is 1. The molecule has 0 spiro atoms. The maximum atomic E-state index is 6.12. The highest BCUT2D eigenvalue weighted by molar-refractivity contribution is 5.10. The van der Waals surface area contributed by atoms with Crippen molar-refractivity contribution in [1.82, 2.24) is 14.7 Å². The van der Waals surface area contributed by atoms with Gasteiger partial charge in [-0.25, -0.2) is 0 Å². The van der Waals surface area contributed by atoms with Gasteiger partial charge in [0, 0.05) is 36.9 Å². The molecule has 0 aliphatic carbocycles. The molecule has 2 N–H and O–H groups in total. The standard InChI is InChI=1S/C13H24N4/c1-10(14)13-6-4-5-7-17(13)11(2)12-8-15-16(3)9-12/h8-11,13H,4-7,14H2,1-3H3. The van der Waals surface area contributed by atoms with Crippen molar-refractivity contribution in [3.05, 3.63) is 18.0 Å². The molecule has 1 fully saturated rings. The maximum Gasteiger partial charge on any atom is 0.0537 e. The minimum atomic E-state index is 0.245. The number of nitrogens with zero attached hydrogens (tertiary/aromatic N) is 3. The molecule has 0 radical (unpaired) electrons. The first kappa shape index (κ1) is 12.6. The Bertz CT molecular complexity index is 358.